The predicted octanol–water partition coefficient (Wildman–Crippen LogP) is 2.90. The molecule has 0 aliphatic rings. The topological polar surface area (TPSA) is 55.4 Å². The molecule has 0 radical (unpaired) electrons. The van der Waals surface area contributed by atoms with Crippen molar-refractivity contribution in [3.05, 3.63) is 0 Å². The molecule has 0 aliphatic heterocycles. The zero-order valence-corrected chi connectivity index (χ0v) is 20.6. The molecule has 0 N–H and O–H groups in total. The Morgan fingerprint density at radius 1 is 0.750 bits per heavy atom. The SMILES string of the molecule is CO[Si](CCCSSS(=S)CCC[Si](OC)(OC)OC)(OC)OC. The third kappa shape index (κ3) is 9.41. The van der Waals surface area contributed by atoms with Crippen LogP contribution in [-0.2, 0) is 46.2 Å². The summed E-state index contributed by atoms with van der Waals surface area (Å²) >= 11 is 5.52. The predicted molar refractivity (Wildman–Crippen MR) is 112 cm³/mol. The molecule has 1 atom stereocenters. The lowest BCUT2D eigenvalue weighted by molar-refractivity contribution is 0.123. The molecule has 6 nitrogen and oxygen atoms in total. The van der Waals surface area contributed by atoms with Gasteiger partial charge in [0.1, 0.15) is 0 Å². The van der Waals surface area contributed by atoms with Crippen molar-refractivity contribution in [2.45, 2.75) is 24.9 Å². The van der Waals surface area contributed by atoms with E-state index in [9.17, 15) is 0 Å². The summed E-state index contributed by atoms with van der Waals surface area (Å²) in [4.78, 5) is 0. The molecule has 24 heavy (non-hydrogen) atoms. The first-order valence-electron chi connectivity index (χ1n) is 7.46. The van der Waals surface area contributed by atoms with Gasteiger partial charge in [-0.1, -0.05) is 19.3 Å². The fourth-order valence-electron chi connectivity index (χ4n) is 1.99. The van der Waals surface area contributed by atoms with Crippen LogP contribution in [0, 0.1) is 0 Å². The Balaban J connectivity index is 3.88. The Bertz CT molecular complexity index is 329. The van der Waals surface area contributed by atoms with E-state index in [1.165, 1.54) is 0 Å². The smallest absolute Gasteiger partial charge is 0.377 e. The van der Waals surface area contributed by atoms with Gasteiger partial charge in [-0.2, -0.15) is 0 Å². The second kappa shape index (κ2) is 14.5. The van der Waals surface area contributed by atoms with Crippen molar-refractivity contribution in [1.82, 2.24) is 0 Å². The highest BCUT2D eigenvalue weighted by atomic mass is 33.6. The molecule has 0 spiro atoms. The molecule has 0 aromatic carbocycles. The average Bonchev–Trinajstić information content (AvgIpc) is 2.63. The average molecular weight is 455 g/mol. The van der Waals surface area contributed by atoms with Crippen LogP contribution in [0.2, 0.25) is 12.1 Å². The second-order valence-electron chi connectivity index (χ2n) is 4.70. The van der Waals surface area contributed by atoms with Crippen LogP contribution in [0.3, 0.4) is 0 Å². The van der Waals surface area contributed by atoms with Crippen LogP contribution >= 0.6 is 20.6 Å². The van der Waals surface area contributed by atoms with Crippen LogP contribution in [0.15, 0.2) is 0 Å². The number of hydrogen-bond donors (Lipinski definition) is 0. The van der Waals surface area contributed by atoms with Crippen molar-refractivity contribution in [2.75, 3.05) is 54.2 Å². The monoisotopic (exact) mass is 454 g/mol. The summed E-state index contributed by atoms with van der Waals surface area (Å²) in [6.07, 6.45) is 1.94. The Morgan fingerprint density at radius 3 is 1.58 bits per heavy atom. The molecule has 0 aromatic heterocycles. The Morgan fingerprint density at radius 2 is 1.17 bits per heavy atom. The van der Waals surface area contributed by atoms with Gasteiger partial charge in [0.2, 0.25) is 0 Å². The van der Waals surface area contributed by atoms with Gasteiger partial charge in [0.25, 0.3) is 0 Å². The first kappa shape index (κ1) is 25.5. The van der Waals surface area contributed by atoms with Crippen LogP contribution in [0.4, 0.5) is 0 Å². The molecule has 0 aromatic rings. The molecule has 0 aliphatic carbocycles. The number of hydrogen-bond acceptors (Lipinski definition) is 9. The van der Waals surface area contributed by atoms with Crippen LogP contribution < -0.4 is 0 Å². The summed E-state index contributed by atoms with van der Waals surface area (Å²) in [5.74, 6) is 1.97. The minimum atomic E-state index is -2.46. The van der Waals surface area contributed by atoms with Gasteiger partial charge in [0.05, 0.1) is 0 Å². The minimum absolute atomic E-state index is 0.105. The third-order valence-corrected chi connectivity index (χ3v) is 16.5. The standard InChI is InChI=1S/C12H30O6S4Si2/c1-13-23(14-2,15-3)11-7-9-20-21-22(19)10-8-12-24(16-4,17-5)18-6/h7-12H2,1-6H3. The van der Waals surface area contributed by atoms with Crippen LogP contribution in [0.25, 0.3) is 0 Å². The van der Waals surface area contributed by atoms with E-state index in [1.807, 2.05) is 0 Å². The Kier molecular flexibility index (Phi) is 15.4. The highest BCUT2D eigenvalue weighted by Gasteiger charge is 2.37. The summed E-state index contributed by atoms with van der Waals surface area (Å²) in [6.45, 7) is 0. The van der Waals surface area contributed by atoms with E-state index < -0.39 is 17.6 Å². The van der Waals surface area contributed by atoms with Gasteiger partial charge < -0.3 is 26.6 Å². The van der Waals surface area contributed by atoms with Crippen LogP contribution in [0.5, 0.6) is 0 Å². The maximum Gasteiger partial charge on any atom is 0.500 e. The van der Waals surface area contributed by atoms with E-state index in [-0.39, 0.29) is 8.49 Å². The zero-order chi connectivity index (χ0) is 18.5. The van der Waals surface area contributed by atoms with E-state index in [0.717, 1.165) is 36.4 Å². The van der Waals surface area contributed by atoms with Gasteiger partial charge in [-0.3, -0.25) is 0 Å². The fraction of sp³-hybridized carbons (Fsp3) is 1.00. The lowest BCUT2D eigenvalue weighted by atomic mass is 10.6. The fourth-order valence-corrected chi connectivity index (χ4v) is 11.9. The van der Waals surface area contributed by atoms with E-state index >= 15 is 0 Å². The molecule has 146 valence electrons. The van der Waals surface area contributed by atoms with Gasteiger partial charge in [0.15, 0.2) is 0 Å². The Labute approximate surface area is 163 Å². The van der Waals surface area contributed by atoms with Gasteiger partial charge in [0, 0.05) is 66.3 Å². The molecule has 0 saturated heterocycles. The van der Waals surface area contributed by atoms with Gasteiger partial charge in [-0.05, 0) is 33.9 Å². The van der Waals surface area contributed by atoms with Crippen molar-refractivity contribution in [1.29, 1.82) is 0 Å². The van der Waals surface area contributed by atoms with Crippen molar-refractivity contribution >= 4 is 57.9 Å². The first-order valence-corrected chi connectivity index (χ1v) is 16.5. The molecule has 1 unspecified atom stereocenters. The highest BCUT2D eigenvalue weighted by molar-refractivity contribution is 9.11. The summed E-state index contributed by atoms with van der Waals surface area (Å²) in [7, 11) is 8.43. The molecule has 0 fully saturated rings. The van der Waals surface area contributed by atoms with Crippen molar-refractivity contribution < 1.29 is 26.6 Å². The molecule has 0 saturated carbocycles. The van der Waals surface area contributed by atoms with Gasteiger partial charge in [-0.25, -0.2) is 0 Å². The van der Waals surface area contributed by atoms with Gasteiger partial charge in [-0.15, -0.1) is 0 Å². The van der Waals surface area contributed by atoms with Crippen molar-refractivity contribution in [2.24, 2.45) is 0 Å². The molecule has 0 rings (SSSR count). The van der Waals surface area contributed by atoms with E-state index in [1.54, 1.807) is 63.3 Å². The lowest BCUT2D eigenvalue weighted by Gasteiger charge is -2.24. The molecule has 0 bridgehead atoms. The molecule has 0 heterocycles. The van der Waals surface area contributed by atoms with Crippen LogP contribution in [-0.4, -0.2) is 71.8 Å². The minimum Gasteiger partial charge on any atom is -0.377 e. The van der Waals surface area contributed by atoms with Gasteiger partial charge >= 0.3 is 17.6 Å². The molecule has 12 heteroatoms. The van der Waals surface area contributed by atoms with Crippen molar-refractivity contribution in [3.8, 4) is 0 Å². The third-order valence-electron chi connectivity index (χ3n) is 3.49. The molecular formula is C12H30O6S4Si2. The summed E-state index contributed by atoms with van der Waals surface area (Å²) < 4.78 is 32.5. The van der Waals surface area contributed by atoms with E-state index in [0.29, 0.717) is 0 Å². The normalized spacial score (nSPS) is 14.1. The molecule has 0 amide bonds. The summed E-state index contributed by atoms with van der Waals surface area (Å²) in [6, 6.07) is 1.62. The van der Waals surface area contributed by atoms with Crippen molar-refractivity contribution in [3.63, 3.8) is 0 Å². The maximum atomic E-state index is 5.52. The maximum absolute atomic E-state index is 5.52. The molecular weight excluding hydrogens is 425 g/mol. The largest absolute Gasteiger partial charge is 0.500 e. The van der Waals surface area contributed by atoms with Crippen LogP contribution in [0.1, 0.15) is 12.8 Å². The summed E-state index contributed by atoms with van der Waals surface area (Å²) in [5, 5.41) is 0. The first-order chi connectivity index (χ1) is 11.5. The Hall–Kier alpha value is 1.46. The second-order valence-corrected chi connectivity index (χ2v) is 18.1. The number of rotatable bonds is 16. The lowest BCUT2D eigenvalue weighted by Crippen LogP contribution is -2.42. The van der Waals surface area contributed by atoms with E-state index in [4.69, 9.17) is 37.7 Å². The zero-order valence-electron chi connectivity index (χ0n) is 15.3. The van der Waals surface area contributed by atoms with E-state index in [2.05, 4.69) is 0 Å². The quantitative estimate of drug-likeness (QED) is 0.199. The highest BCUT2D eigenvalue weighted by Crippen LogP contribution is 2.29. The summed E-state index contributed by atoms with van der Waals surface area (Å²) in [5.41, 5.74) is 0.